The number of hydrogen-bond acceptors (Lipinski definition) is 5. The minimum Gasteiger partial charge on any atom is -0.508 e. The van der Waals surface area contributed by atoms with Gasteiger partial charge in [0.05, 0.1) is 12.5 Å². The molecule has 128 valence electrons. The molecule has 0 aliphatic rings. The van der Waals surface area contributed by atoms with E-state index in [0.29, 0.717) is 27.9 Å². The summed E-state index contributed by atoms with van der Waals surface area (Å²) in [6, 6.07) is 20.0. The highest BCUT2D eigenvalue weighted by atomic mass is 16.5. The van der Waals surface area contributed by atoms with Crippen molar-refractivity contribution in [3.8, 4) is 22.8 Å². The summed E-state index contributed by atoms with van der Waals surface area (Å²) >= 11 is 0. The Balaban J connectivity index is 1.95. The van der Waals surface area contributed by atoms with Gasteiger partial charge in [-0.1, -0.05) is 6.07 Å². The van der Waals surface area contributed by atoms with Crippen LogP contribution in [0.3, 0.4) is 0 Å². The zero-order valence-corrected chi connectivity index (χ0v) is 14.1. The first-order chi connectivity index (χ1) is 12.7. The van der Waals surface area contributed by atoms with Crippen molar-refractivity contribution in [1.29, 1.82) is 0 Å². The third-order valence-electron chi connectivity index (χ3n) is 3.99. The van der Waals surface area contributed by atoms with Crippen LogP contribution >= 0.6 is 0 Å². The van der Waals surface area contributed by atoms with Crippen LogP contribution in [0.4, 0.5) is 5.82 Å². The molecule has 2 aromatic heterocycles. The molecule has 0 unspecified atom stereocenters. The number of fused-ring (bicyclic) bond motifs is 1. The molecule has 0 radical (unpaired) electrons. The van der Waals surface area contributed by atoms with E-state index in [9.17, 15) is 5.11 Å². The largest absolute Gasteiger partial charge is 0.508 e. The van der Waals surface area contributed by atoms with Crippen molar-refractivity contribution in [3.05, 3.63) is 78.3 Å². The summed E-state index contributed by atoms with van der Waals surface area (Å²) in [5, 5.41) is 11.2. The normalized spacial score (nSPS) is 11.7. The maximum absolute atomic E-state index is 9.85. The van der Waals surface area contributed by atoms with E-state index in [1.165, 1.54) is 0 Å². The average Bonchev–Trinajstić information content (AvgIpc) is 2.69. The van der Waals surface area contributed by atoms with Crippen molar-refractivity contribution in [2.45, 2.75) is 0 Å². The highest BCUT2D eigenvalue weighted by molar-refractivity contribution is 5.80. The predicted octanol–water partition coefficient (Wildman–Crippen LogP) is 4.44. The van der Waals surface area contributed by atoms with Crippen LogP contribution in [0.2, 0.25) is 0 Å². The number of aromatic nitrogens is 1. The van der Waals surface area contributed by atoms with E-state index in [-0.39, 0.29) is 5.75 Å². The first-order valence-electron chi connectivity index (χ1n) is 8.10. The van der Waals surface area contributed by atoms with Crippen molar-refractivity contribution in [2.75, 3.05) is 7.11 Å². The number of pyridine rings is 1. The Morgan fingerprint density at radius 2 is 1.85 bits per heavy atom. The summed E-state index contributed by atoms with van der Waals surface area (Å²) in [4.78, 5) is 8.88. The van der Waals surface area contributed by atoms with E-state index in [2.05, 4.69) is 9.98 Å². The average molecular weight is 344 g/mol. The van der Waals surface area contributed by atoms with Crippen LogP contribution in [-0.2, 0) is 0 Å². The molecule has 26 heavy (non-hydrogen) atoms. The molecule has 0 amide bonds. The number of rotatable bonds is 3. The molecule has 0 spiro atoms. The predicted molar refractivity (Wildman–Crippen MR) is 99.3 cm³/mol. The zero-order valence-electron chi connectivity index (χ0n) is 14.1. The fourth-order valence-electron chi connectivity index (χ4n) is 2.69. The molecule has 0 bridgehead atoms. The first-order valence-corrected chi connectivity index (χ1v) is 8.10. The number of phenolic OH excluding ortho intramolecular Hbond substituents is 1. The van der Waals surface area contributed by atoms with Crippen molar-refractivity contribution in [3.63, 3.8) is 0 Å². The lowest BCUT2D eigenvalue weighted by Crippen LogP contribution is -2.03. The standard InChI is InChI=1S/C21H16N2O3/c1-25-16-8-5-14(6-9-16)20-13-18(23-21-4-2-3-11-22-21)17-12-15(24)7-10-19(17)26-20/h2-13,24H,1H3/b23-18+. The molecular formula is C21H16N2O3. The van der Waals surface area contributed by atoms with Gasteiger partial charge in [0.1, 0.15) is 22.8 Å². The number of phenols is 1. The number of ether oxygens (including phenoxy) is 1. The van der Waals surface area contributed by atoms with Gasteiger partial charge in [-0.15, -0.1) is 0 Å². The molecule has 4 aromatic rings. The van der Waals surface area contributed by atoms with Crippen LogP contribution < -0.4 is 10.1 Å². The molecule has 0 aliphatic heterocycles. The van der Waals surface area contributed by atoms with Gasteiger partial charge in [0.2, 0.25) is 0 Å². The summed E-state index contributed by atoms with van der Waals surface area (Å²) in [6.45, 7) is 0. The second kappa shape index (κ2) is 6.72. The molecular weight excluding hydrogens is 328 g/mol. The maximum Gasteiger partial charge on any atom is 0.152 e. The maximum atomic E-state index is 9.85. The number of hydrogen-bond donors (Lipinski definition) is 1. The van der Waals surface area contributed by atoms with Gasteiger partial charge in [-0.25, -0.2) is 9.98 Å². The Labute approximate surface area is 149 Å². The highest BCUT2D eigenvalue weighted by Gasteiger charge is 2.07. The lowest BCUT2D eigenvalue weighted by Gasteiger charge is -2.06. The van der Waals surface area contributed by atoms with Crippen LogP contribution in [0, 0.1) is 0 Å². The van der Waals surface area contributed by atoms with Crippen LogP contribution in [0.25, 0.3) is 22.3 Å². The third kappa shape index (κ3) is 3.15. The molecule has 2 aromatic carbocycles. The van der Waals surface area contributed by atoms with Crippen molar-refractivity contribution < 1.29 is 14.3 Å². The molecule has 1 N–H and O–H groups in total. The van der Waals surface area contributed by atoms with E-state index < -0.39 is 0 Å². The second-order valence-electron chi connectivity index (χ2n) is 5.70. The monoisotopic (exact) mass is 344 g/mol. The van der Waals surface area contributed by atoms with Gasteiger partial charge >= 0.3 is 0 Å². The Kier molecular flexibility index (Phi) is 4.11. The molecule has 0 saturated heterocycles. The summed E-state index contributed by atoms with van der Waals surface area (Å²) in [5.74, 6) is 2.18. The van der Waals surface area contributed by atoms with Crippen molar-refractivity contribution in [2.24, 2.45) is 4.99 Å². The molecule has 5 heteroatoms. The lowest BCUT2D eigenvalue weighted by molar-refractivity contribution is 0.415. The van der Waals surface area contributed by atoms with E-state index in [4.69, 9.17) is 9.15 Å². The Morgan fingerprint density at radius 1 is 1.00 bits per heavy atom. The highest BCUT2D eigenvalue weighted by Crippen LogP contribution is 2.26. The van der Waals surface area contributed by atoms with Gasteiger partial charge in [-0.05, 0) is 54.6 Å². The van der Waals surface area contributed by atoms with Gasteiger partial charge in [0.15, 0.2) is 5.82 Å². The summed E-state index contributed by atoms with van der Waals surface area (Å²) in [7, 11) is 1.63. The van der Waals surface area contributed by atoms with E-state index in [1.54, 1.807) is 31.5 Å². The van der Waals surface area contributed by atoms with Crippen LogP contribution in [0.1, 0.15) is 0 Å². The molecule has 0 atom stereocenters. The first kappa shape index (κ1) is 15.9. The second-order valence-corrected chi connectivity index (χ2v) is 5.70. The van der Waals surface area contributed by atoms with Gasteiger partial charge < -0.3 is 14.3 Å². The van der Waals surface area contributed by atoms with E-state index >= 15 is 0 Å². The Bertz CT molecular complexity index is 1120. The van der Waals surface area contributed by atoms with Crippen LogP contribution in [0.15, 0.2) is 82.3 Å². The molecule has 4 rings (SSSR count). The Morgan fingerprint density at radius 3 is 2.58 bits per heavy atom. The van der Waals surface area contributed by atoms with Gasteiger partial charge in [-0.2, -0.15) is 0 Å². The van der Waals surface area contributed by atoms with Gasteiger partial charge in [0.25, 0.3) is 0 Å². The lowest BCUT2D eigenvalue weighted by atomic mass is 10.1. The number of methoxy groups -OCH3 is 1. The molecule has 0 fully saturated rings. The summed E-state index contributed by atoms with van der Waals surface area (Å²) in [6.07, 6.45) is 1.69. The molecule has 2 heterocycles. The topological polar surface area (TPSA) is 67.9 Å². The van der Waals surface area contributed by atoms with E-state index in [1.807, 2.05) is 48.5 Å². The number of aromatic hydroxyl groups is 1. The number of benzene rings is 2. The SMILES string of the molecule is COc1ccc(-c2c/c(=N\c3ccccn3)c3cc(O)ccc3o2)cc1. The fraction of sp³-hybridized carbons (Fsp3) is 0.0476. The quantitative estimate of drug-likeness (QED) is 0.596. The summed E-state index contributed by atoms with van der Waals surface area (Å²) < 4.78 is 11.2. The zero-order chi connectivity index (χ0) is 17.9. The molecule has 0 saturated carbocycles. The van der Waals surface area contributed by atoms with Gasteiger partial charge in [-0.3, -0.25) is 0 Å². The fourth-order valence-corrected chi connectivity index (χ4v) is 2.69. The van der Waals surface area contributed by atoms with Crippen molar-refractivity contribution in [1.82, 2.24) is 4.98 Å². The smallest absolute Gasteiger partial charge is 0.152 e. The minimum atomic E-state index is 0.155. The van der Waals surface area contributed by atoms with Crippen LogP contribution in [-0.4, -0.2) is 17.2 Å². The third-order valence-corrected chi connectivity index (χ3v) is 3.99. The van der Waals surface area contributed by atoms with Gasteiger partial charge in [0, 0.05) is 23.2 Å². The Hall–Kier alpha value is -3.60. The van der Waals surface area contributed by atoms with Crippen LogP contribution in [0.5, 0.6) is 11.5 Å². The summed E-state index contributed by atoms with van der Waals surface area (Å²) in [5.41, 5.74) is 1.53. The molecule has 5 nitrogen and oxygen atoms in total. The van der Waals surface area contributed by atoms with Crippen molar-refractivity contribution >= 4 is 16.8 Å². The molecule has 0 aliphatic carbocycles. The minimum absolute atomic E-state index is 0.155. The number of nitrogens with zero attached hydrogens (tertiary/aromatic N) is 2. The van der Waals surface area contributed by atoms with E-state index in [0.717, 1.165) is 11.3 Å².